The molecule has 0 aliphatic heterocycles. The lowest BCUT2D eigenvalue weighted by molar-refractivity contribution is 0.0235. The highest BCUT2D eigenvalue weighted by molar-refractivity contribution is 6.30. The second kappa shape index (κ2) is 6.29. The third-order valence-electron chi connectivity index (χ3n) is 4.17. The number of amides is 1. The van der Waals surface area contributed by atoms with Crippen LogP contribution in [0.15, 0.2) is 30.6 Å². The minimum absolute atomic E-state index is 0.0209. The van der Waals surface area contributed by atoms with Crippen molar-refractivity contribution in [1.82, 2.24) is 15.1 Å². The van der Waals surface area contributed by atoms with Gasteiger partial charge < -0.3 is 10.4 Å². The molecular weight excluding hydrogens is 321 g/mol. The minimum Gasteiger partial charge on any atom is -0.393 e. The molecule has 1 aliphatic rings. The summed E-state index contributed by atoms with van der Waals surface area (Å²) in [5.74, 6) is -0.873. The number of aliphatic hydroxyl groups is 1. The highest BCUT2D eigenvalue weighted by Crippen LogP contribution is 2.38. The predicted molar refractivity (Wildman–Crippen MR) is 83.6 cm³/mol. The van der Waals surface area contributed by atoms with Crippen LogP contribution < -0.4 is 5.32 Å². The van der Waals surface area contributed by atoms with Gasteiger partial charge in [0.1, 0.15) is 5.82 Å². The molecule has 2 N–H and O–H groups in total. The van der Waals surface area contributed by atoms with Crippen LogP contribution in [0.4, 0.5) is 4.39 Å². The number of hydrogen-bond donors (Lipinski definition) is 2. The number of nitrogens with one attached hydrogen (secondary N) is 1. The van der Waals surface area contributed by atoms with Crippen LogP contribution in [0.25, 0.3) is 0 Å². The quantitative estimate of drug-likeness (QED) is 0.900. The van der Waals surface area contributed by atoms with E-state index in [2.05, 4.69) is 10.4 Å². The van der Waals surface area contributed by atoms with Gasteiger partial charge in [-0.05, 0) is 37.0 Å². The summed E-state index contributed by atoms with van der Waals surface area (Å²) in [6.45, 7) is 0. The van der Waals surface area contributed by atoms with Crippen molar-refractivity contribution in [3.05, 3.63) is 52.6 Å². The fourth-order valence-corrected chi connectivity index (χ4v) is 2.96. The molecule has 7 heteroatoms. The maximum absolute atomic E-state index is 13.5. The Kier molecular flexibility index (Phi) is 4.37. The molecule has 1 fully saturated rings. The van der Waals surface area contributed by atoms with Crippen molar-refractivity contribution >= 4 is 17.5 Å². The average Bonchev–Trinajstić information content (AvgIpc) is 2.91. The summed E-state index contributed by atoms with van der Waals surface area (Å²) in [7, 11) is 1.80. The van der Waals surface area contributed by atoms with Crippen LogP contribution in [0.2, 0.25) is 5.02 Å². The molecule has 0 spiro atoms. The first-order valence-corrected chi connectivity index (χ1v) is 7.74. The summed E-state index contributed by atoms with van der Waals surface area (Å²) < 4.78 is 15.2. The molecule has 0 unspecified atom stereocenters. The van der Waals surface area contributed by atoms with E-state index < -0.39 is 5.82 Å². The summed E-state index contributed by atoms with van der Waals surface area (Å²) in [6, 6.07) is 3.70. The number of carbonyl (C=O) groups is 1. The van der Waals surface area contributed by atoms with Crippen molar-refractivity contribution < 1.29 is 14.3 Å². The number of aromatic nitrogens is 2. The average molecular weight is 338 g/mol. The number of hydrogen-bond acceptors (Lipinski definition) is 3. The van der Waals surface area contributed by atoms with Crippen molar-refractivity contribution in [3.63, 3.8) is 0 Å². The Labute approximate surface area is 138 Å². The molecule has 1 amide bonds. The van der Waals surface area contributed by atoms with Crippen molar-refractivity contribution in [2.24, 2.45) is 13.0 Å². The Hall–Kier alpha value is -1.92. The molecule has 1 aromatic heterocycles. The zero-order valence-corrected chi connectivity index (χ0v) is 13.3. The fourth-order valence-electron chi connectivity index (χ4n) is 2.84. The van der Waals surface area contributed by atoms with Crippen LogP contribution in [0.3, 0.4) is 0 Å². The standard InChI is InChI=1S/C16H17ClFN3O2/c1-21-8-11(7-19-21)15(10-4-12(22)5-10)20-16(23)9-2-3-13(17)14(18)6-9/h2-3,6-8,10,12,15,22H,4-5H2,1H3,(H,20,23)/t10?,12?,15-/m1/s1. The fraction of sp³-hybridized carbons (Fsp3) is 0.375. The molecule has 1 aliphatic carbocycles. The van der Waals surface area contributed by atoms with Gasteiger partial charge in [0.25, 0.3) is 5.91 Å². The molecule has 0 bridgehead atoms. The zero-order chi connectivity index (χ0) is 16.6. The van der Waals surface area contributed by atoms with E-state index in [1.807, 2.05) is 6.20 Å². The summed E-state index contributed by atoms with van der Waals surface area (Å²) >= 11 is 5.64. The Morgan fingerprint density at radius 3 is 2.83 bits per heavy atom. The van der Waals surface area contributed by atoms with Gasteiger partial charge in [-0.1, -0.05) is 11.6 Å². The molecular formula is C16H17ClFN3O2. The number of nitrogens with zero attached hydrogens (tertiary/aromatic N) is 2. The van der Waals surface area contributed by atoms with Crippen LogP contribution in [0.1, 0.15) is 34.8 Å². The van der Waals surface area contributed by atoms with Crippen molar-refractivity contribution in [3.8, 4) is 0 Å². The van der Waals surface area contributed by atoms with Gasteiger partial charge in [0, 0.05) is 24.4 Å². The predicted octanol–water partition coefficient (Wildman–Crippen LogP) is 2.45. The van der Waals surface area contributed by atoms with Gasteiger partial charge in [0.05, 0.1) is 23.4 Å². The molecule has 1 atom stereocenters. The Morgan fingerprint density at radius 1 is 1.52 bits per heavy atom. The molecule has 0 radical (unpaired) electrons. The minimum atomic E-state index is -0.628. The third-order valence-corrected chi connectivity index (χ3v) is 4.48. The van der Waals surface area contributed by atoms with Gasteiger partial charge in [-0.2, -0.15) is 5.10 Å². The molecule has 122 valence electrons. The smallest absolute Gasteiger partial charge is 0.251 e. The number of carbonyl (C=O) groups excluding carboxylic acids is 1. The molecule has 1 aromatic carbocycles. The van der Waals surface area contributed by atoms with Crippen molar-refractivity contribution in [2.45, 2.75) is 25.0 Å². The molecule has 2 aromatic rings. The van der Waals surface area contributed by atoms with Gasteiger partial charge in [0.2, 0.25) is 0 Å². The maximum atomic E-state index is 13.5. The van der Waals surface area contributed by atoms with Gasteiger partial charge >= 0.3 is 0 Å². The highest BCUT2D eigenvalue weighted by atomic mass is 35.5. The second-order valence-electron chi connectivity index (χ2n) is 5.91. The van der Waals surface area contributed by atoms with Crippen LogP contribution in [0, 0.1) is 11.7 Å². The summed E-state index contributed by atoms with van der Waals surface area (Å²) in [6.07, 6.45) is 4.43. The molecule has 1 heterocycles. The van der Waals surface area contributed by atoms with E-state index in [0.717, 1.165) is 11.6 Å². The number of halogens is 2. The highest BCUT2D eigenvalue weighted by Gasteiger charge is 2.36. The van der Waals surface area contributed by atoms with Crippen molar-refractivity contribution in [2.75, 3.05) is 0 Å². The first-order valence-electron chi connectivity index (χ1n) is 7.36. The van der Waals surface area contributed by atoms with E-state index in [-0.39, 0.29) is 34.6 Å². The first kappa shape index (κ1) is 16.0. The molecule has 23 heavy (non-hydrogen) atoms. The molecule has 1 saturated carbocycles. The largest absolute Gasteiger partial charge is 0.393 e. The van der Waals surface area contributed by atoms with E-state index in [9.17, 15) is 14.3 Å². The first-order chi connectivity index (χ1) is 10.9. The molecule has 3 rings (SSSR count). The second-order valence-corrected chi connectivity index (χ2v) is 6.32. The lowest BCUT2D eigenvalue weighted by Gasteiger charge is -2.37. The van der Waals surface area contributed by atoms with Crippen LogP contribution >= 0.6 is 11.6 Å². The third kappa shape index (κ3) is 3.38. The van der Waals surface area contributed by atoms with E-state index in [0.29, 0.717) is 12.8 Å². The van der Waals surface area contributed by atoms with E-state index >= 15 is 0 Å². The number of aliphatic hydroxyl groups excluding tert-OH is 1. The Balaban J connectivity index is 1.80. The van der Waals surface area contributed by atoms with Gasteiger partial charge in [-0.25, -0.2) is 4.39 Å². The maximum Gasteiger partial charge on any atom is 0.251 e. The monoisotopic (exact) mass is 337 g/mol. The lowest BCUT2D eigenvalue weighted by atomic mass is 9.75. The number of benzene rings is 1. The summed E-state index contributed by atoms with van der Waals surface area (Å²) in [5, 5.41) is 16.6. The zero-order valence-electron chi connectivity index (χ0n) is 12.5. The van der Waals surface area contributed by atoms with E-state index in [4.69, 9.17) is 11.6 Å². The molecule has 5 nitrogen and oxygen atoms in total. The van der Waals surface area contributed by atoms with Crippen LogP contribution in [-0.2, 0) is 7.05 Å². The Morgan fingerprint density at radius 2 is 2.26 bits per heavy atom. The summed E-state index contributed by atoms with van der Waals surface area (Å²) in [5.41, 5.74) is 1.08. The normalized spacial score (nSPS) is 21.6. The SMILES string of the molecule is Cn1cc([C@H](NC(=O)c2ccc(Cl)c(F)c2)C2CC(O)C2)cn1. The number of rotatable bonds is 4. The topological polar surface area (TPSA) is 67.2 Å². The van der Waals surface area contributed by atoms with Gasteiger partial charge in [-0.3, -0.25) is 9.48 Å². The lowest BCUT2D eigenvalue weighted by Crippen LogP contribution is -2.41. The van der Waals surface area contributed by atoms with Crippen LogP contribution in [0.5, 0.6) is 0 Å². The summed E-state index contributed by atoms with van der Waals surface area (Å²) in [4.78, 5) is 12.4. The molecule has 0 saturated heterocycles. The van der Waals surface area contributed by atoms with Crippen LogP contribution in [-0.4, -0.2) is 26.9 Å². The van der Waals surface area contributed by atoms with E-state index in [1.54, 1.807) is 17.9 Å². The number of aryl methyl sites for hydroxylation is 1. The van der Waals surface area contributed by atoms with Crippen molar-refractivity contribution in [1.29, 1.82) is 0 Å². The van der Waals surface area contributed by atoms with Gasteiger partial charge in [0.15, 0.2) is 0 Å². The Bertz CT molecular complexity index is 728. The van der Waals surface area contributed by atoms with E-state index in [1.165, 1.54) is 12.1 Å². The van der Waals surface area contributed by atoms with Gasteiger partial charge in [-0.15, -0.1) is 0 Å².